The minimum atomic E-state index is -0.686. The predicted molar refractivity (Wildman–Crippen MR) is 114 cm³/mol. The number of nitrogens with zero attached hydrogens (tertiary/aromatic N) is 3. The van der Waals surface area contributed by atoms with Crippen LogP contribution in [0.25, 0.3) is 0 Å². The number of hydrogen-bond donors (Lipinski definition) is 3. The summed E-state index contributed by atoms with van der Waals surface area (Å²) in [6.45, 7) is 0. The third-order valence-electron chi connectivity index (χ3n) is 3.59. The maximum atomic E-state index is 12.2. The van der Waals surface area contributed by atoms with Crippen LogP contribution in [0.15, 0.2) is 53.3 Å². The van der Waals surface area contributed by atoms with E-state index in [1.54, 1.807) is 30.3 Å². The molecule has 3 rings (SSSR count). The molecule has 12 heteroatoms. The van der Waals surface area contributed by atoms with Crippen molar-refractivity contribution in [2.45, 2.75) is 0 Å². The number of halogens is 3. The molecule has 29 heavy (non-hydrogen) atoms. The third-order valence-corrected chi connectivity index (χ3v) is 4.68. The smallest absolute Gasteiger partial charge is 0.333 e. The largest absolute Gasteiger partial charge is 0.355 e. The van der Waals surface area contributed by atoms with Crippen molar-refractivity contribution in [3.8, 4) is 0 Å². The summed E-state index contributed by atoms with van der Waals surface area (Å²) in [5.41, 5.74) is 5.01. The molecule has 0 saturated carbocycles. The minimum Gasteiger partial charge on any atom is -0.333 e. The molecule has 2 aromatic carbocycles. The number of anilines is 3. The molecular weight excluding hydrogens is 487 g/mol. The summed E-state index contributed by atoms with van der Waals surface area (Å²) >= 11 is 15.3. The van der Waals surface area contributed by atoms with Crippen molar-refractivity contribution in [2.75, 3.05) is 10.7 Å². The maximum absolute atomic E-state index is 12.2. The molecule has 1 heterocycles. The molecule has 0 unspecified atom stereocenters. The second-order valence-corrected chi connectivity index (χ2v) is 7.27. The van der Waals surface area contributed by atoms with Crippen LogP contribution in [0.4, 0.5) is 23.0 Å². The Labute approximate surface area is 182 Å². The molecule has 0 aliphatic heterocycles. The number of amides is 1. The van der Waals surface area contributed by atoms with Crippen LogP contribution < -0.4 is 16.2 Å². The Hall–Kier alpha value is -2.95. The molecule has 0 radical (unpaired) electrons. The highest BCUT2D eigenvalue weighted by molar-refractivity contribution is 9.10. The van der Waals surface area contributed by atoms with Crippen LogP contribution in [0.1, 0.15) is 10.4 Å². The lowest BCUT2D eigenvalue weighted by Crippen LogP contribution is -2.30. The number of hydrogen-bond acceptors (Lipinski definition) is 7. The van der Waals surface area contributed by atoms with E-state index in [0.29, 0.717) is 21.3 Å². The fraction of sp³-hybridized carbons (Fsp3) is 0. The Bertz CT molecular complexity index is 1080. The zero-order valence-corrected chi connectivity index (χ0v) is 17.4. The first-order valence-electron chi connectivity index (χ1n) is 7.88. The molecule has 148 valence electrons. The lowest BCUT2D eigenvalue weighted by Gasteiger charge is -2.12. The standard InChI is InChI=1S/C17H11BrCl2N6O3/c18-10-3-1-9(2-4-10)17(27)25-24-16-14(26(28)29)15(21-8-22-16)23-13-7-11(19)5-6-12(13)20/h1-8H,(H,25,27)(H2,21,22,23,24). The zero-order valence-electron chi connectivity index (χ0n) is 14.3. The Morgan fingerprint density at radius 1 is 1.07 bits per heavy atom. The third kappa shape index (κ3) is 5.11. The number of nitrogens with one attached hydrogen (secondary N) is 3. The summed E-state index contributed by atoms with van der Waals surface area (Å²) in [7, 11) is 0. The van der Waals surface area contributed by atoms with Crippen LogP contribution in [0.3, 0.4) is 0 Å². The summed E-state index contributed by atoms with van der Waals surface area (Å²) < 4.78 is 0.809. The molecule has 1 aromatic heterocycles. The van der Waals surface area contributed by atoms with Gasteiger partial charge in [-0.1, -0.05) is 39.1 Å². The highest BCUT2D eigenvalue weighted by Gasteiger charge is 2.24. The van der Waals surface area contributed by atoms with Crippen molar-refractivity contribution in [2.24, 2.45) is 0 Å². The van der Waals surface area contributed by atoms with E-state index in [2.05, 4.69) is 42.1 Å². The summed E-state index contributed by atoms with van der Waals surface area (Å²) in [5.74, 6) is -0.844. The molecule has 0 fully saturated rings. The molecule has 0 aliphatic carbocycles. The van der Waals surface area contributed by atoms with Crippen molar-refractivity contribution >= 4 is 68.0 Å². The number of aromatic nitrogens is 2. The Balaban J connectivity index is 1.85. The highest BCUT2D eigenvalue weighted by Crippen LogP contribution is 2.34. The Morgan fingerprint density at radius 3 is 2.45 bits per heavy atom. The van der Waals surface area contributed by atoms with E-state index in [0.717, 1.165) is 10.8 Å². The van der Waals surface area contributed by atoms with Gasteiger partial charge in [-0.15, -0.1) is 0 Å². The van der Waals surface area contributed by atoms with E-state index >= 15 is 0 Å². The van der Waals surface area contributed by atoms with Crippen LogP contribution in [-0.4, -0.2) is 20.8 Å². The summed E-state index contributed by atoms with van der Waals surface area (Å²) in [6, 6.07) is 11.2. The quantitative estimate of drug-likeness (QED) is 0.325. The van der Waals surface area contributed by atoms with Crippen molar-refractivity contribution < 1.29 is 9.72 Å². The molecule has 3 N–H and O–H groups in total. The van der Waals surface area contributed by atoms with Gasteiger partial charge in [-0.2, -0.15) is 0 Å². The van der Waals surface area contributed by atoms with Gasteiger partial charge in [0.25, 0.3) is 5.91 Å². The molecule has 0 aliphatic rings. The first kappa shape index (κ1) is 20.8. The average molecular weight is 498 g/mol. The van der Waals surface area contributed by atoms with Crippen molar-refractivity contribution in [1.82, 2.24) is 15.4 Å². The van der Waals surface area contributed by atoms with Gasteiger partial charge in [0.05, 0.1) is 15.6 Å². The van der Waals surface area contributed by atoms with E-state index in [-0.39, 0.29) is 11.6 Å². The van der Waals surface area contributed by atoms with E-state index in [1.165, 1.54) is 12.1 Å². The Kier molecular flexibility index (Phi) is 6.47. The van der Waals surface area contributed by atoms with Gasteiger partial charge in [0.1, 0.15) is 6.33 Å². The average Bonchev–Trinajstić information content (AvgIpc) is 2.69. The van der Waals surface area contributed by atoms with Gasteiger partial charge in [-0.25, -0.2) is 9.97 Å². The number of rotatable bonds is 6. The first-order valence-corrected chi connectivity index (χ1v) is 9.43. The molecule has 0 atom stereocenters. The lowest BCUT2D eigenvalue weighted by atomic mass is 10.2. The van der Waals surface area contributed by atoms with Gasteiger partial charge >= 0.3 is 5.69 Å². The maximum Gasteiger partial charge on any atom is 0.355 e. The lowest BCUT2D eigenvalue weighted by molar-refractivity contribution is -0.383. The first-order chi connectivity index (χ1) is 13.8. The van der Waals surface area contributed by atoms with Gasteiger partial charge < -0.3 is 5.32 Å². The van der Waals surface area contributed by atoms with Gasteiger partial charge in [0, 0.05) is 15.1 Å². The summed E-state index contributed by atoms with van der Waals surface area (Å²) in [5, 5.41) is 15.0. The number of carbonyl (C=O) groups excluding carboxylic acids is 1. The topological polar surface area (TPSA) is 122 Å². The van der Waals surface area contributed by atoms with E-state index in [1.807, 2.05) is 0 Å². The minimum absolute atomic E-state index is 0.130. The second kappa shape index (κ2) is 9.03. The van der Waals surface area contributed by atoms with Gasteiger partial charge in [0.15, 0.2) is 0 Å². The summed E-state index contributed by atoms with van der Waals surface area (Å²) in [4.78, 5) is 30.9. The van der Waals surface area contributed by atoms with Crippen LogP contribution >= 0.6 is 39.1 Å². The SMILES string of the molecule is O=C(NNc1ncnc(Nc2cc(Cl)ccc2Cl)c1[N+](=O)[O-])c1ccc(Br)cc1. The van der Waals surface area contributed by atoms with E-state index in [4.69, 9.17) is 23.2 Å². The van der Waals surface area contributed by atoms with Crippen molar-refractivity contribution in [3.05, 3.63) is 79.0 Å². The van der Waals surface area contributed by atoms with Crippen LogP contribution in [0.2, 0.25) is 10.0 Å². The van der Waals surface area contributed by atoms with Crippen molar-refractivity contribution in [1.29, 1.82) is 0 Å². The van der Waals surface area contributed by atoms with Crippen LogP contribution in [0.5, 0.6) is 0 Å². The molecule has 0 bridgehead atoms. The highest BCUT2D eigenvalue weighted by atomic mass is 79.9. The second-order valence-electron chi connectivity index (χ2n) is 5.51. The predicted octanol–water partition coefficient (Wildman–Crippen LogP) is 4.95. The summed E-state index contributed by atoms with van der Waals surface area (Å²) in [6.07, 6.45) is 1.10. The van der Waals surface area contributed by atoms with E-state index in [9.17, 15) is 14.9 Å². The van der Waals surface area contributed by atoms with Gasteiger partial charge in [-0.3, -0.25) is 25.8 Å². The number of benzene rings is 2. The molecule has 1 amide bonds. The molecule has 0 spiro atoms. The molecule has 9 nitrogen and oxygen atoms in total. The monoisotopic (exact) mass is 496 g/mol. The molecule has 3 aromatic rings. The fourth-order valence-electron chi connectivity index (χ4n) is 2.24. The number of carbonyl (C=O) groups is 1. The number of hydrazine groups is 1. The normalized spacial score (nSPS) is 10.3. The van der Waals surface area contributed by atoms with Gasteiger partial charge in [-0.05, 0) is 42.5 Å². The van der Waals surface area contributed by atoms with E-state index < -0.39 is 16.5 Å². The van der Waals surface area contributed by atoms with Crippen LogP contribution in [0, 0.1) is 10.1 Å². The van der Waals surface area contributed by atoms with Gasteiger partial charge in [0.2, 0.25) is 11.6 Å². The molecular formula is C17H11BrCl2N6O3. The fourth-order valence-corrected chi connectivity index (χ4v) is 2.85. The molecule has 0 saturated heterocycles. The number of nitro groups is 1. The van der Waals surface area contributed by atoms with Crippen LogP contribution in [-0.2, 0) is 0 Å². The zero-order chi connectivity index (χ0) is 21.0. The van der Waals surface area contributed by atoms with Crippen molar-refractivity contribution in [3.63, 3.8) is 0 Å². The Morgan fingerprint density at radius 2 is 1.76 bits per heavy atom.